The number of rotatable bonds is 5. The zero-order chi connectivity index (χ0) is 17.3. The van der Waals surface area contributed by atoms with Crippen LogP contribution in [0.25, 0.3) is 6.08 Å². The normalized spacial score (nSPS) is 20.0. The van der Waals surface area contributed by atoms with Crippen LogP contribution in [0.2, 0.25) is 0 Å². The van der Waals surface area contributed by atoms with Gasteiger partial charge in [-0.25, -0.2) is 4.39 Å². The number of hydrogen-bond donors (Lipinski definition) is 1. The summed E-state index contributed by atoms with van der Waals surface area (Å²) in [4.78, 5) is 0. The second-order valence-electron chi connectivity index (χ2n) is 6.63. The fourth-order valence-electron chi connectivity index (χ4n) is 2.30. The molecule has 1 aromatic rings. The van der Waals surface area contributed by atoms with Gasteiger partial charge in [0.2, 0.25) is 0 Å². The monoisotopic (exact) mass is 321 g/mol. The first-order valence-electron chi connectivity index (χ1n) is 7.88. The van der Waals surface area contributed by atoms with E-state index in [0.29, 0.717) is 23.4 Å². The summed E-state index contributed by atoms with van der Waals surface area (Å²) < 4.78 is 31.5. The summed E-state index contributed by atoms with van der Waals surface area (Å²) in [6.07, 6.45) is 1.69. The molecular formula is C17H25BFNO3. The molecule has 1 heterocycles. The van der Waals surface area contributed by atoms with Gasteiger partial charge in [0, 0.05) is 18.2 Å². The van der Waals surface area contributed by atoms with E-state index in [-0.39, 0.29) is 12.4 Å². The van der Waals surface area contributed by atoms with Crippen molar-refractivity contribution in [1.29, 1.82) is 0 Å². The molecule has 1 fully saturated rings. The third kappa shape index (κ3) is 3.76. The van der Waals surface area contributed by atoms with Crippen LogP contribution < -0.4 is 10.5 Å². The minimum atomic E-state index is -0.573. The number of hydrogen-bond acceptors (Lipinski definition) is 4. The summed E-state index contributed by atoms with van der Waals surface area (Å²) in [6.45, 7) is 10.5. The molecule has 1 aromatic carbocycles. The van der Waals surface area contributed by atoms with Crippen molar-refractivity contribution in [3.63, 3.8) is 0 Å². The van der Waals surface area contributed by atoms with Gasteiger partial charge in [-0.2, -0.15) is 0 Å². The molecule has 1 saturated heterocycles. The van der Waals surface area contributed by atoms with Crippen molar-refractivity contribution in [2.75, 3.05) is 13.2 Å². The van der Waals surface area contributed by atoms with Gasteiger partial charge in [0.15, 0.2) is 0 Å². The van der Waals surface area contributed by atoms with E-state index in [9.17, 15) is 4.39 Å². The lowest BCUT2D eigenvalue weighted by molar-refractivity contribution is 0.00578. The van der Waals surface area contributed by atoms with Gasteiger partial charge >= 0.3 is 7.12 Å². The van der Waals surface area contributed by atoms with Gasteiger partial charge in [-0.05, 0) is 52.2 Å². The highest BCUT2D eigenvalue weighted by Gasteiger charge is 2.52. The smallest absolute Gasteiger partial charge is 0.491 e. The highest BCUT2D eigenvalue weighted by Crippen LogP contribution is 2.38. The fraction of sp³-hybridized carbons (Fsp3) is 0.529. The van der Waals surface area contributed by atoms with Gasteiger partial charge in [-0.3, -0.25) is 0 Å². The molecule has 1 aliphatic rings. The van der Waals surface area contributed by atoms with Gasteiger partial charge in [0.25, 0.3) is 0 Å². The SMILES string of the molecule is CCOc1ccc(C=C(CN)B2OC(C)(C)C(C)(C)O2)c(F)c1. The first-order valence-corrected chi connectivity index (χ1v) is 7.88. The molecule has 23 heavy (non-hydrogen) atoms. The number of ether oxygens (including phenoxy) is 1. The Hall–Kier alpha value is -1.37. The van der Waals surface area contributed by atoms with Crippen molar-refractivity contribution < 1.29 is 18.4 Å². The molecule has 1 aliphatic heterocycles. The van der Waals surface area contributed by atoms with Crippen LogP contribution in [0.3, 0.4) is 0 Å². The Balaban J connectivity index is 2.26. The van der Waals surface area contributed by atoms with Crippen LogP contribution in [0.5, 0.6) is 5.75 Å². The highest BCUT2D eigenvalue weighted by molar-refractivity contribution is 6.55. The van der Waals surface area contributed by atoms with Crippen LogP contribution in [0, 0.1) is 5.82 Å². The number of benzene rings is 1. The molecule has 2 rings (SSSR count). The molecule has 0 unspecified atom stereocenters. The zero-order valence-corrected chi connectivity index (χ0v) is 14.5. The molecule has 2 N–H and O–H groups in total. The third-order valence-corrected chi connectivity index (χ3v) is 4.42. The topological polar surface area (TPSA) is 53.7 Å². The molecule has 4 nitrogen and oxygen atoms in total. The van der Waals surface area contributed by atoms with Gasteiger partial charge in [0.05, 0.1) is 17.8 Å². The average Bonchev–Trinajstić information content (AvgIpc) is 2.67. The Morgan fingerprint density at radius 1 is 1.26 bits per heavy atom. The van der Waals surface area contributed by atoms with Gasteiger partial charge < -0.3 is 19.8 Å². The standard InChI is InChI=1S/C17H25BFNO3/c1-6-21-14-8-7-12(15(19)10-14)9-13(11-20)18-22-16(2,3)17(4,5)23-18/h7-10H,6,11,20H2,1-5H3. The molecule has 0 bridgehead atoms. The van der Waals surface area contributed by atoms with Crippen molar-refractivity contribution in [1.82, 2.24) is 0 Å². The zero-order valence-electron chi connectivity index (χ0n) is 14.5. The van der Waals surface area contributed by atoms with E-state index in [1.54, 1.807) is 18.2 Å². The minimum absolute atomic E-state index is 0.226. The molecule has 0 atom stereocenters. The lowest BCUT2D eigenvalue weighted by Crippen LogP contribution is -2.41. The first kappa shape index (κ1) is 18.0. The average molecular weight is 321 g/mol. The molecule has 0 saturated carbocycles. The Kier molecular flexibility index (Phi) is 5.18. The molecular weight excluding hydrogens is 296 g/mol. The molecule has 6 heteroatoms. The summed E-state index contributed by atoms with van der Waals surface area (Å²) in [6, 6.07) is 4.77. The quantitative estimate of drug-likeness (QED) is 0.846. The Morgan fingerprint density at radius 3 is 2.35 bits per heavy atom. The van der Waals surface area contributed by atoms with Crippen LogP contribution >= 0.6 is 0 Å². The lowest BCUT2D eigenvalue weighted by atomic mass is 9.77. The molecule has 0 aliphatic carbocycles. The largest absolute Gasteiger partial charge is 0.494 e. The number of halogens is 1. The number of nitrogens with two attached hydrogens (primary N) is 1. The van der Waals surface area contributed by atoms with E-state index in [1.807, 2.05) is 34.6 Å². The summed E-state index contributed by atoms with van der Waals surface area (Å²) in [5, 5.41) is 0. The summed E-state index contributed by atoms with van der Waals surface area (Å²) in [5.74, 6) is 0.144. The van der Waals surface area contributed by atoms with Crippen LogP contribution in [-0.2, 0) is 9.31 Å². The Morgan fingerprint density at radius 2 is 1.87 bits per heavy atom. The first-order chi connectivity index (χ1) is 10.7. The van der Waals surface area contributed by atoms with E-state index in [4.69, 9.17) is 19.8 Å². The van der Waals surface area contributed by atoms with E-state index in [2.05, 4.69) is 0 Å². The lowest BCUT2D eigenvalue weighted by Gasteiger charge is -2.32. The third-order valence-electron chi connectivity index (χ3n) is 4.42. The van der Waals surface area contributed by atoms with Crippen LogP contribution in [0.1, 0.15) is 40.2 Å². The molecule has 126 valence electrons. The fourth-order valence-corrected chi connectivity index (χ4v) is 2.30. The predicted octanol–water partition coefficient (Wildman–Crippen LogP) is 3.20. The van der Waals surface area contributed by atoms with Gasteiger partial charge in [0.1, 0.15) is 11.6 Å². The summed E-state index contributed by atoms with van der Waals surface area (Å²) >= 11 is 0. The summed E-state index contributed by atoms with van der Waals surface area (Å²) in [5.41, 5.74) is 6.05. The van der Waals surface area contributed by atoms with E-state index in [1.165, 1.54) is 6.07 Å². The van der Waals surface area contributed by atoms with Gasteiger partial charge in [-0.1, -0.05) is 6.08 Å². The molecule has 0 aromatic heterocycles. The summed E-state index contributed by atoms with van der Waals surface area (Å²) in [7, 11) is -0.573. The van der Waals surface area contributed by atoms with E-state index >= 15 is 0 Å². The van der Waals surface area contributed by atoms with E-state index < -0.39 is 18.3 Å². The second kappa shape index (κ2) is 6.63. The van der Waals surface area contributed by atoms with Gasteiger partial charge in [-0.15, -0.1) is 0 Å². The maximum atomic E-state index is 14.2. The van der Waals surface area contributed by atoms with Crippen molar-refractivity contribution in [2.24, 2.45) is 5.73 Å². The predicted molar refractivity (Wildman–Crippen MR) is 90.7 cm³/mol. The minimum Gasteiger partial charge on any atom is -0.494 e. The van der Waals surface area contributed by atoms with Crippen molar-refractivity contribution in [2.45, 2.75) is 45.8 Å². The highest BCUT2D eigenvalue weighted by atomic mass is 19.1. The van der Waals surface area contributed by atoms with Crippen molar-refractivity contribution in [3.8, 4) is 5.75 Å². The van der Waals surface area contributed by atoms with Crippen LogP contribution in [0.15, 0.2) is 23.7 Å². The second-order valence-corrected chi connectivity index (χ2v) is 6.63. The van der Waals surface area contributed by atoms with Crippen LogP contribution in [0.4, 0.5) is 4.39 Å². The Labute approximate surface area is 137 Å². The van der Waals surface area contributed by atoms with E-state index in [0.717, 1.165) is 0 Å². The molecule has 0 spiro atoms. The Bertz CT molecular complexity index is 586. The maximum absolute atomic E-state index is 14.2. The molecule has 0 radical (unpaired) electrons. The van der Waals surface area contributed by atoms with Crippen LogP contribution in [-0.4, -0.2) is 31.5 Å². The van der Waals surface area contributed by atoms with Crippen molar-refractivity contribution in [3.05, 3.63) is 35.1 Å². The molecule has 0 amide bonds. The van der Waals surface area contributed by atoms with Crippen molar-refractivity contribution >= 4 is 13.2 Å². The maximum Gasteiger partial charge on any atom is 0.491 e.